The number of rotatable bonds is 2. The molecular weight excluding hydrogens is 228 g/mol. The van der Waals surface area contributed by atoms with E-state index in [0.29, 0.717) is 11.9 Å². The second-order valence-electron chi connectivity index (χ2n) is 3.97. The van der Waals surface area contributed by atoms with Gasteiger partial charge >= 0.3 is 0 Å². The fourth-order valence-corrected chi connectivity index (χ4v) is 1.31. The van der Waals surface area contributed by atoms with Crippen molar-refractivity contribution < 1.29 is 13.3 Å². The zero-order chi connectivity index (χ0) is 12.6. The molecule has 0 aliphatic rings. The molecule has 0 aliphatic heterocycles. The monoisotopic (exact) mass is 239 g/mol. The van der Waals surface area contributed by atoms with Gasteiger partial charge in [-0.15, -0.1) is 0 Å². The summed E-state index contributed by atoms with van der Waals surface area (Å²) in [5.74, 6) is -1.07. The third kappa shape index (κ3) is 2.11. The average molecular weight is 239 g/mol. The van der Waals surface area contributed by atoms with Crippen LogP contribution in [0.15, 0.2) is 16.7 Å². The molecule has 6 heteroatoms. The highest BCUT2D eigenvalue weighted by atomic mass is 19.1. The van der Waals surface area contributed by atoms with Gasteiger partial charge in [-0.2, -0.15) is 4.98 Å². The maximum Gasteiger partial charge on any atom is 0.260 e. The van der Waals surface area contributed by atoms with Gasteiger partial charge in [-0.25, -0.2) is 8.78 Å². The zero-order valence-corrected chi connectivity index (χ0v) is 9.37. The van der Waals surface area contributed by atoms with Gasteiger partial charge in [-0.05, 0) is 6.07 Å². The lowest BCUT2D eigenvalue weighted by atomic mass is 10.1. The second kappa shape index (κ2) is 4.12. The summed E-state index contributed by atoms with van der Waals surface area (Å²) in [4.78, 5) is 4.02. The molecule has 0 amide bonds. The van der Waals surface area contributed by atoms with Gasteiger partial charge in [0, 0.05) is 12.0 Å². The number of nitrogen functional groups attached to an aromatic ring is 1. The van der Waals surface area contributed by atoms with Gasteiger partial charge < -0.3 is 10.3 Å². The topological polar surface area (TPSA) is 64.9 Å². The van der Waals surface area contributed by atoms with Crippen LogP contribution in [-0.2, 0) is 0 Å². The SMILES string of the molecule is CC(C)c1noc(-c2cc(N)c(F)cc2F)n1. The van der Waals surface area contributed by atoms with Crippen molar-refractivity contribution in [1.29, 1.82) is 0 Å². The van der Waals surface area contributed by atoms with Crippen molar-refractivity contribution in [1.82, 2.24) is 10.1 Å². The fourth-order valence-electron chi connectivity index (χ4n) is 1.31. The van der Waals surface area contributed by atoms with Crippen LogP contribution in [0.25, 0.3) is 11.5 Å². The van der Waals surface area contributed by atoms with Crippen LogP contribution >= 0.6 is 0 Å². The smallest absolute Gasteiger partial charge is 0.260 e. The molecule has 2 rings (SSSR count). The van der Waals surface area contributed by atoms with Gasteiger partial charge in [0.05, 0.1) is 11.3 Å². The molecule has 1 heterocycles. The molecule has 0 fully saturated rings. The van der Waals surface area contributed by atoms with Crippen LogP contribution in [0, 0.1) is 11.6 Å². The number of halogens is 2. The molecule has 1 aromatic heterocycles. The van der Waals surface area contributed by atoms with E-state index in [4.69, 9.17) is 10.3 Å². The molecule has 2 aromatic rings. The molecule has 90 valence electrons. The number of hydrogen-bond acceptors (Lipinski definition) is 4. The summed E-state index contributed by atoms with van der Waals surface area (Å²) in [5, 5.41) is 3.70. The first-order valence-electron chi connectivity index (χ1n) is 5.07. The van der Waals surface area contributed by atoms with Crippen molar-refractivity contribution in [3.8, 4) is 11.5 Å². The van der Waals surface area contributed by atoms with Gasteiger partial charge in [-0.1, -0.05) is 19.0 Å². The Morgan fingerprint density at radius 1 is 1.24 bits per heavy atom. The molecule has 17 heavy (non-hydrogen) atoms. The van der Waals surface area contributed by atoms with E-state index in [2.05, 4.69) is 10.1 Å². The van der Waals surface area contributed by atoms with Crippen LogP contribution in [0.1, 0.15) is 25.6 Å². The lowest BCUT2D eigenvalue weighted by Gasteiger charge is -2.00. The molecule has 0 saturated heterocycles. The van der Waals surface area contributed by atoms with Crippen LogP contribution in [-0.4, -0.2) is 10.1 Å². The standard InChI is InChI=1S/C11H11F2N3O/c1-5(2)10-15-11(17-16-10)6-3-9(14)8(13)4-7(6)12/h3-5H,14H2,1-2H3. The Kier molecular flexibility index (Phi) is 2.79. The first kappa shape index (κ1) is 11.5. The van der Waals surface area contributed by atoms with Crippen molar-refractivity contribution in [2.45, 2.75) is 19.8 Å². The molecule has 0 spiro atoms. The number of hydrogen-bond donors (Lipinski definition) is 1. The first-order chi connectivity index (χ1) is 7.99. The molecule has 0 saturated carbocycles. The normalized spacial score (nSPS) is 11.1. The predicted octanol–water partition coefficient (Wildman–Crippen LogP) is 2.72. The number of benzene rings is 1. The van der Waals surface area contributed by atoms with Crippen LogP contribution in [0.4, 0.5) is 14.5 Å². The van der Waals surface area contributed by atoms with Crippen molar-refractivity contribution in [3.05, 3.63) is 29.6 Å². The number of nitrogens with zero attached hydrogens (tertiary/aromatic N) is 2. The van der Waals surface area contributed by atoms with Crippen molar-refractivity contribution in [2.24, 2.45) is 0 Å². The van der Waals surface area contributed by atoms with Crippen LogP contribution in [0.3, 0.4) is 0 Å². The molecule has 1 aromatic carbocycles. The summed E-state index contributed by atoms with van der Waals surface area (Å²) in [6.07, 6.45) is 0. The summed E-state index contributed by atoms with van der Waals surface area (Å²) < 4.78 is 31.4. The predicted molar refractivity (Wildman–Crippen MR) is 58.2 cm³/mol. The third-order valence-electron chi connectivity index (χ3n) is 2.27. The Labute approximate surface area is 96.4 Å². The molecule has 0 radical (unpaired) electrons. The van der Waals surface area contributed by atoms with E-state index >= 15 is 0 Å². The molecular formula is C11H11F2N3O. The minimum Gasteiger partial charge on any atom is -0.396 e. The highest BCUT2D eigenvalue weighted by molar-refractivity contribution is 5.61. The second-order valence-corrected chi connectivity index (χ2v) is 3.97. The van der Waals surface area contributed by atoms with Crippen molar-refractivity contribution >= 4 is 5.69 Å². The zero-order valence-electron chi connectivity index (χ0n) is 9.37. The lowest BCUT2D eigenvalue weighted by Crippen LogP contribution is -1.95. The Morgan fingerprint density at radius 2 is 1.94 bits per heavy atom. The Balaban J connectivity index is 2.49. The van der Waals surface area contributed by atoms with Gasteiger partial charge in [0.1, 0.15) is 11.6 Å². The van der Waals surface area contributed by atoms with Crippen LogP contribution in [0.5, 0.6) is 0 Å². The Hall–Kier alpha value is -1.98. The summed E-state index contributed by atoms with van der Waals surface area (Å²) in [7, 11) is 0. The van der Waals surface area contributed by atoms with E-state index in [0.717, 1.165) is 6.07 Å². The van der Waals surface area contributed by atoms with Crippen LogP contribution in [0.2, 0.25) is 0 Å². The number of aromatic nitrogens is 2. The summed E-state index contributed by atoms with van der Waals surface area (Å²) in [5.41, 5.74) is 5.20. The van der Waals surface area contributed by atoms with Crippen molar-refractivity contribution in [2.75, 3.05) is 5.73 Å². The summed E-state index contributed by atoms with van der Waals surface area (Å²) in [6.45, 7) is 3.76. The molecule has 2 N–H and O–H groups in total. The highest BCUT2D eigenvalue weighted by Crippen LogP contribution is 2.26. The van der Waals surface area contributed by atoms with E-state index in [1.165, 1.54) is 0 Å². The van der Waals surface area contributed by atoms with Crippen LogP contribution < -0.4 is 5.73 Å². The minimum absolute atomic E-state index is 0.00194. The Morgan fingerprint density at radius 3 is 2.53 bits per heavy atom. The average Bonchev–Trinajstić information content (AvgIpc) is 2.72. The first-order valence-corrected chi connectivity index (χ1v) is 5.07. The van der Waals surface area contributed by atoms with Gasteiger partial charge in [-0.3, -0.25) is 0 Å². The fraction of sp³-hybridized carbons (Fsp3) is 0.273. The minimum atomic E-state index is -0.810. The molecule has 0 unspecified atom stereocenters. The van der Waals surface area contributed by atoms with Crippen molar-refractivity contribution in [3.63, 3.8) is 0 Å². The summed E-state index contributed by atoms with van der Waals surface area (Å²) in [6, 6.07) is 1.84. The quantitative estimate of drug-likeness (QED) is 0.818. The van der Waals surface area contributed by atoms with E-state index in [9.17, 15) is 8.78 Å². The molecule has 0 aliphatic carbocycles. The Bertz CT molecular complexity index is 552. The van der Waals surface area contributed by atoms with E-state index in [1.54, 1.807) is 0 Å². The largest absolute Gasteiger partial charge is 0.396 e. The van der Waals surface area contributed by atoms with E-state index in [-0.39, 0.29) is 23.1 Å². The summed E-state index contributed by atoms with van der Waals surface area (Å²) >= 11 is 0. The number of anilines is 1. The molecule has 0 bridgehead atoms. The van der Waals surface area contributed by atoms with E-state index < -0.39 is 11.6 Å². The highest BCUT2D eigenvalue weighted by Gasteiger charge is 2.17. The van der Waals surface area contributed by atoms with Gasteiger partial charge in [0.2, 0.25) is 0 Å². The third-order valence-corrected chi connectivity index (χ3v) is 2.27. The van der Waals surface area contributed by atoms with Gasteiger partial charge in [0.15, 0.2) is 5.82 Å². The maximum atomic E-state index is 13.5. The molecule has 0 atom stereocenters. The van der Waals surface area contributed by atoms with Gasteiger partial charge in [0.25, 0.3) is 5.89 Å². The number of nitrogens with two attached hydrogens (primary N) is 1. The van der Waals surface area contributed by atoms with E-state index in [1.807, 2.05) is 13.8 Å². The molecule has 4 nitrogen and oxygen atoms in total. The maximum absolute atomic E-state index is 13.5. The lowest BCUT2D eigenvalue weighted by molar-refractivity contribution is 0.417.